The van der Waals surface area contributed by atoms with Gasteiger partial charge in [-0.2, -0.15) is 13.2 Å². The zero-order valence-corrected chi connectivity index (χ0v) is 20.8. The number of aliphatic hydroxyl groups excluding tert-OH is 1. The van der Waals surface area contributed by atoms with E-state index in [0.29, 0.717) is 35.1 Å². The zero-order chi connectivity index (χ0) is 27.7. The van der Waals surface area contributed by atoms with E-state index in [1.54, 1.807) is 18.5 Å². The smallest absolute Gasteiger partial charge is 0.382 e. The molecule has 1 amide bonds. The molecule has 0 radical (unpaired) electrons. The van der Waals surface area contributed by atoms with Crippen molar-refractivity contribution in [2.75, 3.05) is 24.5 Å². The summed E-state index contributed by atoms with van der Waals surface area (Å²) >= 11 is 5.92. The van der Waals surface area contributed by atoms with Gasteiger partial charge in [0.25, 0.3) is 0 Å². The number of aliphatic hydroxyl groups is 1. The number of pyridine rings is 1. The Kier molecular flexibility index (Phi) is 7.10. The molecule has 12 nitrogen and oxygen atoms in total. The van der Waals surface area contributed by atoms with E-state index in [0.717, 1.165) is 9.25 Å². The van der Waals surface area contributed by atoms with E-state index in [1.807, 2.05) is 4.90 Å². The maximum atomic E-state index is 13.1. The maximum absolute atomic E-state index is 13.1. The number of nitrogens with zero attached hydrogens (tertiary/aromatic N) is 8. The van der Waals surface area contributed by atoms with Crippen LogP contribution in [-0.4, -0.2) is 77.0 Å². The molecule has 0 spiro atoms. The first-order chi connectivity index (χ1) is 18.6. The lowest BCUT2D eigenvalue weighted by Gasteiger charge is -2.29. The lowest BCUT2D eigenvalue weighted by Crippen LogP contribution is -2.48. The highest BCUT2D eigenvalue weighted by Gasteiger charge is 2.39. The minimum atomic E-state index is -4.93. The van der Waals surface area contributed by atoms with E-state index in [-0.39, 0.29) is 30.6 Å². The van der Waals surface area contributed by atoms with E-state index >= 15 is 0 Å². The van der Waals surface area contributed by atoms with Crippen LogP contribution in [0.1, 0.15) is 5.82 Å². The van der Waals surface area contributed by atoms with Gasteiger partial charge in [0.2, 0.25) is 5.91 Å². The summed E-state index contributed by atoms with van der Waals surface area (Å²) in [6.45, 7) is -0.0985. The maximum Gasteiger partial charge on any atom is 0.416 e. The van der Waals surface area contributed by atoms with Crippen molar-refractivity contribution in [3.05, 3.63) is 70.4 Å². The molecule has 1 atom stereocenters. The average molecular weight is 564 g/mol. The lowest BCUT2D eigenvalue weighted by atomic mass is 10.2. The third kappa shape index (κ3) is 5.63. The number of rotatable bonds is 7. The van der Waals surface area contributed by atoms with E-state index < -0.39 is 24.5 Å². The Hall–Kier alpha value is -4.24. The van der Waals surface area contributed by atoms with Gasteiger partial charge in [-0.15, -0.1) is 10.2 Å². The minimum Gasteiger partial charge on any atom is -0.382 e. The molecule has 1 aliphatic heterocycles. The molecule has 0 saturated carbocycles. The Morgan fingerprint density at radius 3 is 2.59 bits per heavy atom. The molecular weight excluding hydrogens is 543 g/mol. The predicted molar refractivity (Wildman–Crippen MR) is 132 cm³/mol. The number of hydrogen-bond donors (Lipinski definition) is 2. The highest BCUT2D eigenvalue weighted by atomic mass is 35.5. The molecule has 16 heteroatoms. The second-order valence-corrected chi connectivity index (χ2v) is 9.12. The van der Waals surface area contributed by atoms with Crippen LogP contribution in [0.3, 0.4) is 0 Å². The van der Waals surface area contributed by atoms with Crippen LogP contribution in [0.5, 0.6) is 0 Å². The monoisotopic (exact) mass is 563 g/mol. The number of piperazine rings is 1. The molecule has 2 N–H and O–H groups in total. The molecule has 0 unspecified atom stereocenters. The second kappa shape index (κ2) is 10.5. The van der Waals surface area contributed by atoms with Gasteiger partial charge in [0.05, 0.1) is 25.0 Å². The van der Waals surface area contributed by atoms with Gasteiger partial charge < -0.3 is 15.3 Å². The van der Waals surface area contributed by atoms with Crippen LogP contribution in [0.4, 0.5) is 18.9 Å². The molecule has 39 heavy (non-hydrogen) atoms. The van der Waals surface area contributed by atoms with Gasteiger partial charge in [-0.25, -0.2) is 19.1 Å². The number of halogens is 4. The van der Waals surface area contributed by atoms with E-state index in [2.05, 4.69) is 25.5 Å². The minimum absolute atomic E-state index is 0.0858. The Balaban J connectivity index is 1.46. The van der Waals surface area contributed by atoms with Crippen LogP contribution in [0.25, 0.3) is 17.1 Å². The Bertz CT molecular complexity index is 1550. The average Bonchev–Trinajstić information content (AvgIpc) is 3.49. The summed E-state index contributed by atoms with van der Waals surface area (Å²) in [4.78, 5) is 35.2. The molecule has 4 heterocycles. The lowest BCUT2D eigenvalue weighted by molar-refractivity contribution is -0.207. The number of anilines is 1. The molecular formula is C23H21ClF3N9O3. The standard InChI is InChI=1S/C23H21ClF3N9O3/c24-15-3-1-14(2-4-15)21-32-35(22(39)34(21)10-18(37)23(25,26)27)11-19-30-13-36(31-19)17-9-28-6-5-16(17)33-8-7-29-20(38)12-33/h1-6,9,13,18,37H,7-8,10-12H2,(H,29,38)/t18-/m0/s1. The molecule has 5 rings (SSSR count). The quantitative estimate of drug-likeness (QED) is 0.343. The summed E-state index contributed by atoms with van der Waals surface area (Å²) < 4.78 is 42.4. The molecule has 3 aromatic heterocycles. The Morgan fingerprint density at radius 2 is 1.87 bits per heavy atom. The number of benzene rings is 1. The Morgan fingerprint density at radius 1 is 1.10 bits per heavy atom. The van der Waals surface area contributed by atoms with Crippen molar-refractivity contribution in [2.45, 2.75) is 25.4 Å². The first-order valence-corrected chi connectivity index (χ1v) is 12.0. The van der Waals surface area contributed by atoms with Gasteiger partial charge in [0.15, 0.2) is 17.8 Å². The summed E-state index contributed by atoms with van der Waals surface area (Å²) in [7, 11) is 0. The van der Waals surface area contributed by atoms with Crippen molar-refractivity contribution in [3.63, 3.8) is 0 Å². The molecule has 204 valence electrons. The number of amides is 1. The third-order valence-corrected chi connectivity index (χ3v) is 6.24. The van der Waals surface area contributed by atoms with Crippen LogP contribution in [-0.2, 0) is 17.9 Å². The first kappa shape index (κ1) is 26.4. The Labute approximate surface area is 223 Å². The third-order valence-electron chi connectivity index (χ3n) is 5.99. The zero-order valence-electron chi connectivity index (χ0n) is 20.1. The second-order valence-electron chi connectivity index (χ2n) is 8.68. The van der Waals surface area contributed by atoms with Gasteiger partial charge in [-0.3, -0.25) is 14.3 Å². The fourth-order valence-electron chi connectivity index (χ4n) is 4.08. The van der Waals surface area contributed by atoms with Crippen molar-refractivity contribution in [2.24, 2.45) is 0 Å². The molecule has 0 aliphatic carbocycles. The van der Waals surface area contributed by atoms with Crippen molar-refractivity contribution < 1.29 is 23.1 Å². The highest BCUT2D eigenvalue weighted by Crippen LogP contribution is 2.25. The summed E-state index contributed by atoms with van der Waals surface area (Å²) in [5.74, 6) is -0.0605. The van der Waals surface area contributed by atoms with E-state index in [9.17, 15) is 27.9 Å². The largest absolute Gasteiger partial charge is 0.416 e. The van der Waals surface area contributed by atoms with Crippen molar-refractivity contribution >= 4 is 23.2 Å². The first-order valence-electron chi connectivity index (χ1n) is 11.6. The predicted octanol–water partition coefficient (Wildman–Crippen LogP) is 1.25. The number of hydrogen-bond acceptors (Lipinski definition) is 8. The van der Waals surface area contributed by atoms with Gasteiger partial charge in [0.1, 0.15) is 18.6 Å². The summed E-state index contributed by atoms with van der Waals surface area (Å²) in [6.07, 6.45) is -3.18. The fourth-order valence-corrected chi connectivity index (χ4v) is 4.21. The van der Waals surface area contributed by atoms with Gasteiger partial charge >= 0.3 is 11.9 Å². The summed E-state index contributed by atoms with van der Waals surface area (Å²) in [5.41, 5.74) is 0.678. The van der Waals surface area contributed by atoms with Crippen LogP contribution in [0.2, 0.25) is 5.02 Å². The molecule has 1 aromatic carbocycles. The molecule has 1 aliphatic rings. The van der Waals surface area contributed by atoms with Crippen molar-refractivity contribution in [3.8, 4) is 17.1 Å². The fraction of sp³-hybridized carbons (Fsp3) is 0.304. The number of carbonyl (C=O) groups is 1. The highest BCUT2D eigenvalue weighted by molar-refractivity contribution is 6.30. The number of aromatic nitrogens is 7. The SMILES string of the molecule is O=C1CN(c2ccncc2-n2cnc(Cn3nc(-c4ccc(Cl)cc4)n(C[C@H](O)C(F)(F)F)c3=O)n2)CCN1. The number of alkyl halides is 3. The summed E-state index contributed by atoms with van der Waals surface area (Å²) in [6, 6.07) is 7.76. The molecule has 1 fully saturated rings. The number of nitrogens with one attached hydrogen (secondary N) is 1. The molecule has 0 bridgehead atoms. The van der Waals surface area contributed by atoms with Crippen LogP contribution < -0.4 is 15.9 Å². The van der Waals surface area contributed by atoms with Crippen molar-refractivity contribution in [1.29, 1.82) is 0 Å². The van der Waals surface area contributed by atoms with Crippen molar-refractivity contribution in [1.82, 2.24) is 39.4 Å². The van der Waals surface area contributed by atoms with Gasteiger partial charge in [-0.05, 0) is 30.3 Å². The van der Waals surface area contributed by atoms with E-state index in [1.165, 1.54) is 35.3 Å². The topological polar surface area (TPSA) is 136 Å². The molecule has 1 saturated heterocycles. The van der Waals surface area contributed by atoms with Gasteiger partial charge in [0, 0.05) is 29.9 Å². The van der Waals surface area contributed by atoms with Crippen LogP contribution in [0.15, 0.2) is 53.8 Å². The summed E-state index contributed by atoms with van der Waals surface area (Å²) in [5, 5.41) is 21.4. The van der Waals surface area contributed by atoms with E-state index in [4.69, 9.17) is 11.6 Å². The molecule has 4 aromatic rings. The van der Waals surface area contributed by atoms with Crippen LogP contribution >= 0.6 is 11.6 Å². The number of carbonyl (C=O) groups excluding carboxylic acids is 1. The van der Waals surface area contributed by atoms with Crippen LogP contribution in [0, 0.1) is 0 Å². The normalized spacial score (nSPS) is 14.9. The van der Waals surface area contributed by atoms with Gasteiger partial charge in [-0.1, -0.05) is 11.6 Å².